The van der Waals surface area contributed by atoms with Crippen molar-refractivity contribution in [1.29, 1.82) is 0 Å². The number of hydrogen-bond donors (Lipinski definition) is 2. The molecule has 1 aromatic rings. The van der Waals surface area contributed by atoms with Crippen LogP contribution in [0, 0.1) is 0 Å². The minimum absolute atomic E-state index is 0.624. The molecule has 0 bridgehead atoms. The average Bonchev–Trinajstić information content (AvgIpc) is 3.09. The van der Waals surface area contributed by atoms with Gasteiger partial charge in [-0.25, -0.2) is 4.98 Å². The normalized spacial score (nSPS) is 24.3. The van der Waals surface area contributed by atoms with Gasteiger partial charge in [-0.3, -0.25) is 0 Å². The van der Waals surface area contributed by atoms with Crippen LogP contribution in [-0.2, 0) is 6.42 Å². The van der Waals surface area contributed by atoms with Gasteiger partial charge in [0.2, 0.25) is 0 Å². The molecule has 0 unspecified atom stereocenters. The Morgan fingerprint density at radius 1 is 1.27 bits per heavy atom. The van der Waals surface area contributed by atoms with E-state index in [0.717, 1.165) is 11.9 Å². The van der Waals surface area contributed by atoms with E-state index >= 15 is 0 Å². The SMILES string of the molecule is CN(CCCCC[C@H]1CCc2cccnc2N1)[C@@H]1CCNC1. The fraction of sp³-hybridized carbons (Fsp3) is 0.722. The van der Waals surface area contributed by atoms with Gasteiger partial charge in [0.15, 0.2) is 0 Å². The summed E-state index contributed by atoms with van der Waals surface area (Å²) in [6.45, 7) is 3.61. The van der Waals surface area contributed by atoms with Crippen LogP contribution in [0.25, 0.3) is 0 Å². The number of rotatable bonds is 7. The van der Waals surface area contributed by atoms with Gasteiger partial charge >= 0.3 is 0 Å². The molecule has 0 saturated carbocycles. The Bertz CT molecular complexity index is 456. The second kappa shape index (κ2) is 7.93. The molecule has 1 aromatic heterocycles. The van der Waals surface area contributed by atoms with Crippen LogP contribution in [0.5, 0.6) is 0 Å². The molecule has 2 aliphatic heterocycles. The summed E-state index contributed by atoms with van der Waals surface area (Å²) in [5.41, 5.74) is 1.38. The van der Waals surface area contributed by atoms with E-state index < -0.39 is 0 Å². The first-order valence-electron chi connectivity index (χ1n) is 8.94. The molecule has 4 nitrogen and oxygen atoms in total. The molecule has 0 amide bonds. The maximum absolute atomic E-state index is 4.46. The van der Waals surface area contributed by atoms with E-state index in [1.54, 1.807) is 0 Å². The predicted molar refractivity (Wildman–Crippen MR) is 92.3 cm³/mol. The first-order chi connectivity index (χ1) is 10.8. The van der Waals surface area contributed by atoms with Gasteiger partial charge in [0.05, 0.1) is 0 Å². The summed E-state index contributed by atoms with van der Waals surface area (Å²) >= 11 is 0. The minimum Gasteiger partial charge on any atom is -0.367 e. The topological polar surface area (TPSA) is 40.2 Å². The van der Waals surface area contributed by atoms with E-state index in [2.05, 4.69) is 33.6 Å². The number of hydrogen-bond acceptors (Lipinski definition) is 4. The van der Waals surface area contributed by atoms with E-state index in [4.69, 9.17) is 0 Å². The van der Waals surface area contributed by atoms with Gasteiger partial charge in [0.25, 0.3) is 0 Å². The summed E-state index contributed by atoms with van der Waals surface area (Å²) in [4.78, 5) is 7.00. The largest absolute Gasteiger partial charge is 0.367 e. The molecule has 22 heavy (non-hydrogen) atoms. The molecule has 1 saturated heterocycles. The van der Waals surface area contributed by atoms with Crippen LogP contribution in [0.3, 0.4) is 0 Å². The third kappa shape index (κ3) is 4.20. The second-order valence-corrected chi connectivity index (χ2v) is 6.87. The highest BCUT2D eigenvalue weighted by molar-refractivity contribution is 5.46. The quantitative estimate of drug-likeness (QED) is 0.760. The molecule has 2 atom stereocenters. The van der Waals surface area contributed by atoms with E-state index in [1.165, 1.54) is 70.1 Å². The molecule has 2 N–H and O–H groups in total. The molecule has 0 spiro atoms. The third-order valence-electron chi connectivity index (χ3n) is 5.22. The molecule has 2 aliphatic rings. The van der Waals surface area contributed by atoms with Gasteiger partial charge < -0.3 is 15.5 Å². The minimum atomic E-state index is 0.624. The number of pyridine rings is 1. The van der Waals surface area contributed by atoms with Gasteiger partial charge in [-0.2, -0.15) is 0 Å². The lowest BCUT2D eigenvalue weighted by atomic mass is 9.97. The Morgan fingerprint density at radius 3 is 3.09 bits per heavy atom. The van der Waals surface area contributed by atoms with Crippen molar-refractivity contribution in [2.75, 3.05) is 32.0 Å². The highest BCUT2D eigenvalue weighted by Gasteiger charge is 2.19. The number of aryl methyl sites for hydroxylation is 1. The monoisotopic (exact) mass is 302 g/mol. The van der Waals surface area contributed by atoms with E-state index in [0.29, 0.717) is 6.04 Å². The Balaban J connectivity index is 1.29. The van der Waals surface area contributed by atoms with Crippen molar-refractivity contribution in [2.45, 2.75) is 57.0 Å². The highest BCUT2D eigenvalue weighted by Crippen LogP contribution is 2.24. The van der Waals surface area contributed by atoms with Crippen LogP contribution >= 0.6 is 0 Å². The Hall–Kier alpha value is -1.13. The summed E-state index contributed by atoms with van der Waals surface area (Å²) in [6, 6.07) is 5.62. The van der Waals surface area contributed by atoms with Crippen molar-refractivity contribution >= 4 is 5.82 Å². The van der Waals surface area contributed by atoms with Crippen molar-refractivity contribution in [3.8, 4) is 0 Å². The van der Waals surface area contributed by atoms with Crippen molar-refractivity contribution < 1.29 is 0 Å². The average molecular weight is 302 g/mol. The summed E-state index contributed by atoms with van der Waals surface area (Å²) in [7, 11) is 2.28. The van der Waals surface area contributed by atoms with E-state index in [9.17, 15) is 0 Å². The van der Waals surface area contributed by atoms with Gasteiger partial charge in [0, 0.05) is 24.8 Å². The summed E-state index contributed by atoms with van der Waals surface area (Å²) in [5, 5.41) is 7.06. The van der Waals surface area contributed by atoms with Gasteiger partial charge in [-0.1, -0.05) is 18.9 Å². The zero-order chi connectivity index (χ0) is 15.2. The number of nitrogens with zero attached hydrogens (tertiary/aromatic N) is 2. The van der Waals surface area contributed by atoms with Crippen LogP contribution in [0.15, 0.2) is 18.3 Å². The second-order valence-electron chi connectivity index (χ2n) is 6.87. The zero-order valence-electron chi connectivity index (χ0n) is 13.9. The molecule has 122 valence electrons. The molecule has 0 aromatic carbocycles. The Labute approximate surface area is 134 Å². The molecule has 3 heterocycles. The van der Waals surface area contributed by atoms with Crippen LogP contribution in [0.2, 0.25) is 0 Å². The lowest BCUT2D eigenvalue weighted by molar-refractivity contribution is 0.251. The number of aromatic nitrogens is 1. The number of likely N-dealkylation sites (N-methyl/N-ethyl adjacent to an activating group) is 1. The van der Waals surface area contributed by atoms with Crippen LogP contribution in [0.4, 0.5) is 5.82 Å². The first-order valence-corrected chi connectivity index (χ1v) is 8.94. The van der Waals surface area contributed by atoms with Crippen molar-refractivity contribution in [1.82, 2.24) is 15.2 Å². The fourth-order valence-corrected chi connectivity index (χ4v) is 3.71. The fourth-order valence-electron chi connectivity index (χ4n) is 3.71. The van der Waals surface area contributed by atoms with Crippen LogP contribution in [0.1, 0.15) is 44.1 Å². The Kier molecular flexibility index (Phi) is 5.68. The first kappa shape index (κ1) is 15.8. The van der Waals surface area contributed by atoms with Gasteiger partial charge in [0.1, 0.15) is 5.82 Å². The predicted octanol–water partition coefficient (Wildman–Crippen LogP) is 2.66. The highest BCUT2D eigenvalue weighted by atomic mass is 15.2. The number of fused-ring (bicyclic) bond motifs is 1. The van der Waals surface area contributed by atoms with Crippen molar-refractivity contribution in [3.05, 3.63) is 23.9 Å². The summed E-state index contributed by atoms with van der Waals surface area (Å²) in [5.74, 6) is 1.12. The third-order valence-corrected chi connectivity index (χ3v) is 5.22. The molecule has 0 radical (unpaired) electrons. The maximum atomic E-state index is 4.46. The Morgan fingerprint density at radius 2 is 2.23 bits per heavy atom. The molecule has 1 fully saturated rings. The molecular weight excluding hydrogens is 272 g/mol. The van der Waals surface area contributed by atoms with Crippen LogP contribution in [-0.4, -0.2) is 48.6 Å². The molecular formula is C18H30N4. The smallest absolute Gasteiger partial charge is 0.129 e. The molecule has 0 aliphatic carbocycles. The number of nitrogens with one attached hydrogen (secondary N) is 2. The lowest BCUT2D eigenvalue weighted by Crippen LogP contribution is -2.34. The lowest BCUT2D eigenvalue weighted by Gasteiger charge is -2.26. The van der Waals surface area contributed by atoms with E-state index in [1.807, 2.05) is 12.3 Å². The maximum Gasteiger partial charge on any atom is 0.129 e. The summed E-state index contributed by atoms with van der Waals surface area (Å²) < 4.78 is 0. The molecule has 4 heteroatoms. The van der Waals surface area contributed by atoms with Gasteiger partial charge in [-0.15, -0.1) is 0 Å². The molecule has 3 rings (SSSR count). The van der Waals surface area contributed by atoms with Crippen LogP contribution < -0.4 is 10.6 Å². The zero-order valence-corrected chi connectivity index (χ0v) is 13.9. The van der Waals surface area contributed by atoms with E-state index in [-0.39, 0.29) is 0 Å². The number of unbranched alkanes of at least 4 members (excludes halogenated alkanes) is 2. The summed E-state index contributed by atoms with van der Waals surface area (Å²) in [6.07, 6.45) is 10.9. The van der Waals surface area contributed by atoms with Crippen molar-refractivity contribution in [3.63, 3.8) is 0 Å². The number of anilines is 1. The van der Waals surface area contributed by atoms with Gasteiger partial charge in [-0.05, 0) is 63.9 Å². The standard InChI is InChI=1S/C18H30N4/c1-22(17-10-12-19-14-17)13-4-2-3-7-16-9-8-15-6-5-11-20-18(15)21-16/h5-6,11,16-17,19H,2-4,7-10,12-14H2,1H3,(H,20,21)/t16-,17+/m0/s1. The van der Waals surface area contributed by atoms with Crippen molar-refractivity contribution in [2.24, 2.45) is 0 Å².